The molecule has 102 valence electrons. The third kappa shape index (κ3) is 2.56. The molecule has 0 atom stereocenters. The summed E-state index contributed by atoms with van der Waals surface area (Å²) in [6, 6.07) is 4.64. The third-order valence-electron chi connectivity index (χ3n) is 3.91. The molecule has 0 saturated heterocycles. The monoisotopic (exact) mass is 259 g/mol. The van der Waals surface area contributed by atoms with Crippen LogP contribution in [-0.4, -0.2) is 33.7 Å². The maximum Gasteiger partial charge on any atom is 0.157 e. The van der Waals surface area contributed by atoms with Crippen LogP contribution in [0.4, 0.5) is 5.82 Å². The van der Waals surface area contributed by atoms with Gasteiger partial charge in [0.15, 0.2) is 5.65 Å². The molecule has 2 N–H and O–H groups in total. The zero-order valence-corrected chi connectivity index (χ0v) is 11.2. The Balaban J connectivity index is 1.87. The Kier molecular flexibility index (Phi) is 3.64. The van der Waals surface area contributed by atoms with E-state index < -0.39 is 0 Å². The van der Waals surface area contributed by atoms with Gasteiger partial charge in [-0.05, 0) is 31.9 Å². The van der Waals surface area contributed by atoms with Crippen molar-refractivity contribution in [2.75, 3.05) is 18.0 Å². The first-order valence-electron chi connectivity index (χ1n) is 7.15. The highest BCUT2D eigenvalue weighted by atomic mass is 15.3. The fourth-order valence-electron chi connectivity index (χ4n) is 2.92. The first-order chi connectivity index (χ1) is 9.38. The van der Waals surface area contributed by atoms with Crippen molar-refractivity contribution in [3.63, 3.8) is 0 Å². The van der Waals surface area contributed by atoms with Gasteiger partial charge in [0.1, 0.15) is 5.82 Å². The normalized spacial score (nSPS) is 16.3. The number of anilines is 1. The van der Waals surface area contributed by atoms with Gasteiger partial charge in [0.05, 0.1) is 6.20 Å². The molecule has 1 aliphatic rings. The van der Waals surface area contributed by atoms with Gasteiger partial charge in [-0.2, -0.15) is 5.10 Å². The Labute approximate surface area is 113 Å². The van der Waals surface area contributed by atoms with Crippen LogP contribution in [-0.2, 0) is 0 Å². The van der Waals surface area contributed by atoms with Gasteiger partial charge in [0.25, 0.3) is 0 Å². The van der Waals surface area contributed by atoms with E-state index in [9.17, 15) is 0 Å². The van der Waals surface area contributed by atoms with Crippen molar-refractivity contribution in [1.29, 1.82) is 0 Å². The van der Waals surface area contributed by atoms with E-state index in [4.69, 9.17) is 10.7 Å². The van der Waals surface area contributed by atoms with Crippen molar-refractivity contribution >= 4 is 11.5 Å². The second-order valence-corrected chi connectivity index (χ2v) is 5.19. The molecule has 1 fully saturated rings. The van der Waals surface area contributed by atoms with E-state index >= 15 is 0 Å². The highest BCUT2D eigenvalue weighted by Crippen LogP contribution is 2.27. The van der Waals surface area contributed by atoms with Crippen LogP contribution in [0.1, 0.15) is 32.1 Å². The number of hydrogen-bond donors (Lipinski definition) is 1. The molecule has 0 bridgehead atoms. The molecule has 5 heteroatoms. The maximum atomic E-state index is 5.67. The van der Waals surface area contributed by atoms with Crippen molar-refractivity contribution in [3.05, 3.63) is 24.5 Å². The molecule has 0 radical (unpaired) electrons. The Bertz CT molecular complexity index is 529. The van der Waals surface area contributed by atoms with Crippen LogP contribution in [0.25, 0.3) is 5.65 Å². The standard InChI is InChI=1S/C14H21N5/c15-8-3-10-18(12-4-1-2-5-12)13-7-11-19-14(17-13)6-9-16-19/h6-7,9,11-12H,1-5,8,10,15H2. The molecule has 5 nitrogen and oxygen atoms in total. The summed E-state index contributed by atoms with van der Waals surface area (Å²) in [5.41, 5.74) is 6.58. The summed E-state index contributed by atoms with van der Waals surface area (Å²) in [6.45, 7) is 1.73. The lowest BCUT2D eigenvalue weighted by molar-refractivity contribution is 0.587. The van der Waals surface area contributed by atoms with Gasteiger partial charge >= 0.3 is 0 Å². The van der Waals surface area contributed by atoms with Crippen molar-refractivity contribution in [1.82, 2.24) is 14.6 Å². The van der Waals surface area contributed by atoms with E-state index in [1.807, 2.05) is 12.3 Å². The fraction of sp³-hybridized carbons (Fsp3) is 0.571. The van der Waals surface area contributed by atoms with Crippen LogP contribution < -0.4 is 10.6 Å². The van der Waals surface area contributed by atoms with Crippen LogP contribution in [0.2, 0.25) is 0 Å². The smallest absolute Gasteiger partial charge is 0.157 e. The summed E-state index contributed by atoms with van der Waals surface area (Å²) in [5.74, 6) is 1.06. The van der Waals surface area contributed by atoms with Gasteiger partial charge in [-0.3, -0.25) is 0 Å². The fourth-order valence-corrected chi connectivity index (χ4v) is 2.92. The molecule has 2 heterocycles. The molecule has 3 rings (SSSR count). The molecule has 0 aliphatic heterocycles. The van der Waals surface area contributed by atoms with E-state index in [1.54, 1.807) is 10.7 Å². The minimum Gasteiger partial charge on any atom is -0.353 e. The molecule has 0 unspecified atom stereocenters. The molecule has 0 amide bonds. The quantitative estimate of drug-likeness (QED) is 0.890. The van der Waals surface area contributed by atoms with E-state index in [1.165, 1.54) is 25.7 Å². The second-order valence-electron chi connectivity index (χ2n) is 5.19. The number of nitrogens with two attached hydrogens (primary N) is 1. The van der Waals surface area contributed by atoms with Gasteiger partial charge in [-0.15, -0.1) is 0 Å². The number of aromatic nitrogens is 3. The summed E-state index contributed by atoms with van der Waals surface area (Å²) < 4.78 is 1.80. The highest BCUT2D eigenvalue weighted by molar-refractivity contribution is 5.48. The Hall–Kier alpha value is -1.62. The van der Waals surface area contributed by atoms with E-state index in [-0.39, 0.29) is 0 Å². The number of rotatable bonds is 5. The topological polar surface area (TPSA) is 59.5 Å². The Morgan fingerprint density at radius 2 is 2.16 bits per heavy atom. The second kappa shape index (κ2) is 5.57. The van der Waals surface area contributed by atoms with Gasteiger partial charge in [-0.25, -0.2) is 9.50 Å². The predicted octanol–water partition coefficient (Wildman–Crippen LogP) is 1.83. The minimum absolute atomic E-state index is 0.629. The average molecular weight is 259 g/mol. The summed E-state index contributed by atoms with van der Waals surface area (Å²) in [5, 5.41) is 4.19. The maximum absolute atomic E-state index is 5.67. The molecule has 0 aromatic carbocycles. The lowest BCUT2D eigenvalue weighted by atomic mass is 10.2. The molecule has 1 saturated carbocycles. The first kappa shape index (κ1) is 12.4. The number of fused-ring (bicyclic) bond motifs is 1. The summed E-state index contributed by atoms with van der Waals surface area (Å²) >= 11 is 0. The van der Waals surface area contributed by atoms with Gasteiger partial charge in [0.2, 0.25) is 0 Å². The molecule has 19 heavy (non-hydrogen) atoms. The largest absolute Gasteiger partial charge is 0.353 e. The van der Waals surface area contributed by atoms with Crippen molar-refractivity contribution in [2.45, 2.75) is 38.1 Å². The van der Waals surface area contributed by atoms with E-state index in [0.717, 1.165) is 31.0 Å². The zero-order chi connectivity index (χ0) is 13.1. The molecule has 2 aromatic heterocycles. The lowest BCUT2D eigenvalue weighted by Gasteiger charge is -2.30. The SMILES string of the molecule is NCCCN(c1ccn2nccc2n1)C1CCCC1. The minimum atomic E-state index is 0.629. The Morgan fingerprint density at radius 1 is 1.32 bits per heavy atom. The Morgan fingerprint density at radius 3 is 2.95 bits per heavy atom. The van der Waals surface area contributed by atoms with Crippen molar-refractivity contribution in [3.8, 4) is 0 Å². The molecular formula is C14H21N5. The zero-order valence-electron chi connectivity index (χ0n) is 11.2. The van der Waals surface area contributed by atoms with Crippen molar-refractivity contribution in [2.24, 2.45) is 5.73 Å². The average Bonchev–Trinajstić information content (AvgIpc) is 3.09. The summed E-state index contributed by atoms with van der Waals surface area (Å²) in [4.78, 5) is 7.16. The molecular weight excluding hydrogens is 238 g/mol. The predicted molar refractivity (Wildman–Crippen MR) is 76.3 cm³/mol. The van der Waals surface area contributed by atoms with Crippen LogP contribution >= 0.6 is 0 Å². The third-order valence-corrected chi connectivity index (χ3v) is 3.91. The number of nitrogens with zero attached hydrogens (tertiary/aromatic N) is 4. The summed E-state index contributed by atoms with van der Waals surface area (Å²) in [7, 11) is 0. The van der Waals surface area contributed by atoms with Crippen molar-refractivity contribution < 1.29 is 0 Å². The van der Waals surface area contributed by atoms with Crippen LogP contribution in [0, 0.1) is 0 Å². The van der Waals surface area contributed by atoms with Crippen LogP contribution in [0.15, 0.2) is 24.5 Å². The van der Waals surface area contributed by atoms with Gasteiger partial charge in [-0.1, -0.05) is 12.8 Å². The molecule has 1 aliphatic carbocycles. The van der Waals surface area contributed by atoms with Gasteiger partial charge < -0.3 is 10.6 Å². The molecule has 2 aromatic rings. The van der Waals surface area contributed by atoms with Crippen LogP contribution in [0.3, 0.4) is 0 Å². The summed E-state index contributed by atoms with van der Waals surface area (Å²) in [6.07, 6.45) is 10.0. The highest BCUT2D eigenvalue weighted by Gasteiger charge is 2.23. The van der Waals surface area contributed by atoms with E-state index in [2.05, 4.69) is 16.1 Å². The number of hydrogen-bond acceptors (Lipinski definition) is 4. The van der Waals surface area contributed by atoms with Crippen LogP contribution in [0.5, 0.6) is 0 Å². The lowest BCUT2D eigenvalue weighted by Crippen LogP contribution is -2.35. The van der Waals surface area contributed by atoms with Gasteiger partial charge in [0, 0.05) is 24.8 Å². The molecule has 0 spiro atoms. The first-order valence-corrected chi connectivity index (χ1v) is 7.15. The van der Waals surface area contributed by atoms with E-state index in [0.29, 0.717) is 6.04 Å².